The standard InChI is InChI=1S/C12H14O.2C2H6/c1-3-7-10(2)12(13)11-8-5-4-6-9-11;2*1-2/h3-10H,1-2H3;2*1-2H3/b7-3+;;/t10-;;/m0../s1. The summed E-state index contributed by atoms with van der Waals surface area (Å²) in [4.78, 5) is 11.7. The van der Waals surface area contributed by atoms with Gasteiger partial charge >= 0.3 is 0 Å². The van der Waals surface area contributed by atoms with Crippen LogP contribution in [0.5, 0.6) is 0 Å². The van der Waals surface area contributed by atoms with E-state index in [0.29, 0.717) is 0 Å². The van der Waals surface area contributed by atoms with E-state index in [0.717, 1.165) is 5.56 Å². The zero-order valence-electron chi connectivity index (χ0n) is 12.0. The van der Waals surface area contributed by atoms with Crippen LogP contribution in [0.4, 0.5) is 0 Å². The molecule has 0 saturated heterocycles. The molecule has 1 atom stereocenters. The number of carbonyl (C=O) groups excluding carboxylic acids is 1. The molecule has 0 unspecified atom stereocenters. The second-order valence-electron chi connectivity index (χ2n) is 3.04. The number of Topliss-reactive ketones (excluding diaryl/α,β-unsaturated/α-hetero) is 1. The van der Waals surface area contributed by atoms with Crippen molar-refractivity contribution in [1.82, 2.24) is 0 Å². The lowest BCUT2D eigenvalue weighted by Crippen LogP contribution is -2.08. The van der Waals surface area contributed by atoms with Crippen molar-refractivity contribution in [3.63, 3.8) is 0 Å². The summed E-state index contributed by atoms with van der Waals surface area (Å²) in [6.07, 6.45) is 3.82. The molecule has 0 aromatic heterocycles. The molecule has 0 spiro atoms. The van der Waals surface area contributed by atoms with Crippen molar-refractivity contribution in [2.24, 2.45) is 5.92 Å². The van der Waals surface area contributed by atoms with Gasteiger partial charge in [0.1, 0.15) is 0 Å². The Hall–Kier alpha value is -1.37. The molecule has 1 nitrogen and oxygen atoms in total. The van der Waals surface area contributed by atoms with Gasteiger partial charge in [-0.05, 0) is 6.92 Å². The number of hydrogen-bond acceptors (Lipinski definition) is 1. The smallest absolute Gasteiger partial charge is 0.169 e. The van der Waals surface area contributed by atoms with E-state index in [-0.39, 0.29) is 11.7 Å². The van der Waals surface area contributed by atoms with E-state index in [9.17, 15) is 4.79 Å². The third-order valence-electron chi connectivity index (χ3n) is 1.95. The number of benzene rings is 1. The van der Waals surface area contributed by atoms with Gasteiger partial charge in [0.2, 0.25) is 0 Å². The second-order valence-corrected chi connectivity index (χ2v) is 3.04. The monoisotopic (exact) mass is 234 g/mol. The molecule has 0 saturated carbocycles. The maximum atomic E-state index is 11.7. The maximum absolute atomic E-state index is 11.7. The van der Waals surface area contributed by atoms with E-state index in [1.807, 2.05) is 84.0 Å². The highest BCUT2D eigenvalue weighted by molar-refractivity contribution is 5.98. The minimum Gasteiger partial charge on any atom is -0.294 e. The highest BCUT2D eigenvalue weighted by atomic mass is 16.1. The lowest BCUT2D eigenvalue weighted by molar-refractivity contribution is 0.0953. The van der Waals surface area contributed by atoms with Gasteiger partial charge in [0, 0.05) is 11.5 Å². The van der Waals surface area contributed by atoms with Crippen molar-refractivity contribution in [3.05, 3.63) is 48.0 Å². The normalized spacial score (nSPS) is 10.7. The van der Waals surface area contributed by atoms with E-state index < -0.39 is 0 Å². The van der Waals surface area contributed by atoms with Crippen LogP contribution in [-0.4, -0.2) is 5.78 Å². The van der Waals surface area contributed by atoms with Gasteiger partial charge < -0.3 is 0 Å². The SMILES string of the molecule is C/C=C/[C@H](C)C(=O)c1ccccc1.CC.CC. The molecule has 17 heavy (non-hydrogen) atoms. The van der Waals surface area contributed by atoms with Crippen molar-refractivity contribution >= 4 is 5.78 Å². The van der Waals surface area contributed by atoms with E-state index in [1.54, 1.807) is 0 Å². The average molecular weight is 234 g/mol. The van der Waals surface area contributed by atoms with Gasteiger partial charge in [-0.3, -0.25) is 4.79 Å². The molecule has 1 aromatic rings. The fourth-order valence-electron chi connectivity index (χ4n) is 1.24. The van der Waals surface area contributed by atoms with Crippen LogP contribution in [0, 0.1) is 5.92 Å². The van der Waals surface area contributed by atoms with Crippen LogP contribution in [0.25, 0.3) is 0 Å². The molecular formula is C16H26O. The van der Waals surface area contributed by atoms with Gasteiger partial charge in [-0.2, -0.15) is 0 Å². The van der Waals surface area contributed by atoms with Crippen LogP contribution in [0.15, 0.2) is 42.5 Å². The molecular weight excluding hydrogens is 208 g/mol. The number of rotatable bonds is 3. The van der Waals surface area contributed by atoms with E-state index in [4.69, 9.17) is 0 Å². The molecule has 1 rings (SSSR count). The Balaban J connectivity index is 0. The molecule has 0 radical (unpaired) electrons. The Bertz CT molecular complexity index is 299. The predicted molar refractivity (Wildman–Crippen MR) is 77.4 cm³/mol. The average Bonchev–Trinajstić information content (AvgIpc) is 2.43. The first-order valence-corrected chi connectivity index (χ1v) is 6.47. The van der Waals surface area contributed by atoms with E-state index in [2.05, 4.69) is 0 Å². The first kappa shape index (κ1) is 18.0. The highest BCUT2D eigenvalue weighted by Gasteiger charge is 2.10. The molecule has 0 bridgehead atoms. The molecule has 96 valence electrons. The summed E-state index contributed by atoms with van der Waals surface area (Å²) in [7, 11) is 0. The van der Waals surface area contributed by atoms with Gasteiger partial charge in [0.15, 0.2) is 5.78 Å². The molecule has 1 aromatic carbocycles. The van der Waals surface area contributed by atoms with Crippen LogP contribution in [-0.2, 0) is 0 Å². The van der Waals surface area contributed by atoms with Crippen molar-refractivity contribution in [1.29, 1.82) is 0 Å². The molecule has 0 fully saturated rings. The second kappa shape index (κ2) is 12.7. The fraction of sp³-hybridized carbons (Fsp3) is 0.438. The molecule has 0 aliphatic rings. The zero-order valence-corrected chi connectivity index (χ0v) is 12.0. The summed E-state index contributed by atoms with van der Waals surface area (Å²) in [6, 6.07) is 9.38. The fourth-order valence-corrected chi connectivity index (χ4v) is 1.24. The quantitative estimate of drug-likeness (QED) is 0.523. The van der Waals surface area contributed by atoms with Crippen LogP contribution in [0.1, 0.15) is 51.9 Å². The summed E-state index contributed by atoms with van der Waals surface area (Å²) in [5.74, 6) is 0.158. The van der Waals surface area contributed by atoms with Crippen molar-refractivity contribution in [2.75, 3.05) is 0 Å². The van der Waals surface area contributed by atoms with Crippen LogP contribution in [0.2, 0.25) is 0 Å². The first-order valence-electron chi connectivity index (χ1n) is 6.47. The Morgan fingerprint density at radius 3 is 1.94 bits per heavy atom. The summed E-state index contributed by atoms with van der Waals surface area (Å²) < 4.78 is 0. The Morgan fingerprint density at radius 2 is 1.53 bits per heavy atom. The van der Waals surface area contributed by atoms with Crippen LogP contribution in [0.3, 0.4) is 0 Å². The first-order chi connectivity index (χ1) is 8.25. The topological polar surface area (TPSA) is 17.1 Å². The number of allylic oxidation sites excluding steroid dienone is 2. The van der Waals surface area contributed by atoms with Crippen molar-refractivity contribution in [2.45, 2.75) is 41.5 Å². The summed E-state index contributed by atoms with van der Waals surface area (Å²) in [5.41, 5.74) is 0.785. The molecule has 0 N–H and O–H groups in total. The Morgan fingerprint density at radius 1 is 1.06 bits per heavy atom. The van der Waals surface area contributed by atoms with Gasteiger partial charge in [-0.15, -0.1) is 0 Å². The minimum absolute atomic E-state index is 0.0209. The minimum atomic E-state index is -0.0209. The van der Waals surface area contributed by atoms with Gasteiger partial charge in [-0.1, -0.05) is 77.1 Å². The largest absolute Gasteiger partial charge is 0.294 e. The summed E-state index contributed by atoms with van der Waals surface area (Å²) in [6.45, 7) is 11.8. The van der Waals surface area contributed by atoms with Gasteiger partial charge in [0.05, 0.1) is 0 Å². The van der Waals surface area contributed by atoms with E-state index in [1.165, 1.54) is 0 Å². The van der Waals surface area contributed by atoms with Crippen molar-refractivity contribution < 1.29 is 4.79 Å². The number of carbonyl (C=O) groups is 1. The third-order valence-corrected chi connectivity index (χ3v) is 1.95. The predicted octanol–water partition coefficient (Wildman–Crippen LogP) is 5.13. The third kappa shape index (κ3) is 7.51. The van der Waals surface area contributed by atoms with Gasteiger partial charge in [0.25, 0.3) is 0 Å². The lowest BCUT2D eigenvalue weighted by Gasteiger charge is -2.04. The summed E-state index contributed by atoms with van der Waals surface area (Å²) in [5, 5.41) is 0. The molecule has 1 heteroatoms. The van der Waals surface area contributed by atoms with E-state index >= 15 is 0 Å². The number of ketones is 1. The molecule has 0 heterocycles. The zero-order chi connectivity index (χ0) is 13.7. The lowest BCUT2D eigenvalue weighted by atomic mass is 9.99. The molecule has 0 amide bonds. The summed E-state index contributed by atoms with van der Waals surface area (Å²) >= 11 is 0. The Kier molecular flexibility index (Phi) is 13.5. The maximum Gasteiger partial charge on any atom is 0.169 e. The highest BCUT2D eigenvalue weighted by Crippen LogP contribution is 2.09. The van der Waals surface area contributed by atoms with Crippen LogP contribution >= 0.6 is 0 Å². The number of hydrogen-bond donors (Lipinski definition) is 0. The Labute approximate surface area is 107 Å². The molecule has 0 aliphatic carbocycles. The van der Waals surface area contributed by atoms with Gasteiger partial charge in [-0.25, -0.2) is 0 Å². The van der Waals surface area contributed by atoms with Crippen LogP contribution < -0.4 is 0 Å². The van der Waals surface area contributed by atoms with Crippen molar-refractivity contribution in [3.8, 4) is 0 Å². The molecule has 0 aliphatic heterocycles.